The normalized spacial score (nSPS) is 14.4. The molecule has 0 unspecified atom stereocenters. The van der Waals surface area contributed by atoms with Gasteiger partial charge in [0.05, 0.1) is 54.8 Å². The third-order valence-corrected chi connectivity index (χ3v) is 9.91. The summed E-state index contributed by atoms with van der Waals surface area (Å²) in [6.45, 7) is 6.29. The Labute approximate surface area is 294 Å². The molecule has 6 rings (SSSR count). The average molecular weight is 745 g/mol. The van der Waals surface area contributed by atoms with Crippen LogP contribution < -0.4 is 24.4 Å². The lowest BCUT2D eigenvalue weighted by Gasteiger charge is -2.26. The lowest BCUT2D eigenvalue weighted by atomic mass is 9.95. The van der Waals surface area contributed by atoms with Gasteiger partial charge in [0, 0.05) is 33.7 Å². The van der Waals surface area contributed by atoms with E-state index in [-0.39, 0.29) is 23.7 Å². The smallest absolute Gasteiger partial charge is 0.338 e. The highest BCUT2D eigenvalue weighted by atomic mass is 79.9. The summed E-state index contributed by atoms with van der Waals surface area (Å²) in [7, 11) is 3.07. The zero-order valence-corrected chi connectivity index (χ0v) is 30.0. The Morgan fingerprint density at radius 3 is 2.33 bits per heavy atom. The zero-order chi connectivity index (χ0) is 34.8. The number of fused-ring (bicyclic) bond motifs is 2. The number of aromatic nitrogens is 2. The summed E-state index contributed by atoms with van der Waals surface area (Å²) in [5, 5.41) is 0.971. The minimum Gasteiger partial charge on any atom is -0.493 e. The minimum atomic E-state index is -0.842. The summed E-state index contributed by atoms with van der Waals surface area (Å²) < 4.78 is 26.4. The molecule has 0 saturated heterocycles. The number of methoxy groups -OCH3 is 2. The molecule has 10 nitrogen and oxygen atoms in total. The standard InChI is InChI=1S/C37H34BrN3O7S/c1-6-47-35(43)23-14-12-22(13-15-23)19-40-20-24(25-10-8-9-11-28(25)40)16-31-34(42)41-33(26-17-29(45-4)30(46-5)18-27(26)38)32(36(44)48-7-2)21(3)39-37(41)49-31/h8-18,20,33H,6-7,19H2,1-5H3/b31-16-/t33-/m1/s1. The van der Waals surface area contributed by atoms with Gasteiger partial charge in [0.15, 0.2) is 16.3 Å². The molecule has 1 aliphatic rings. The zero-order valence-electron chi connectivity index (χ0n) is 27.6. The summed E-state index contributed by atoms with van der Waals surface area (Å²) in [6, 6.07) is 18.0. The maximum absolute atomic E-state index is 14.4. The van der Waals surface area contributed by atoms with Crippen LogP contribution in [0.4, 0.5) is 0 Å². The van der Waals surface area contributed by atoms with Crippen molar-refractivity contribution in [3.63, 3.8) is 0 Å². The lowest BCUT2D eigenvalue weighted by Crippen LogP contribution is -2.40. The largest absolute Gasteiger partial charge is 0.493 e. The van der Waals surface area contributed by atoms with Crippen molar-refractivity contribution in [1.29, 1.82) is 0 Å². The Balaban J connectivity index is 1.48. The Hall–Kier alpha value is -4.94. The van der Waals surface area contributed by atoms with Gasteiger partial charge in [-0.2, -0.15) is 0 Å². The molecule has 12 heteroatoms. The van der Waals surface area contributed by atoms with Gasteiger partial charge in [0.1, 0.15) is 0 Å². The molecule has 3 aromatic carbocycles. The molecule has 0 bridgehead atoms. The Morgan fingerprint density at radius 2 is 1.63 bits per heavy atom. The van der Waals surface area contributed by atoms with E-state index in [0.29, 0.717) is 55.3 Å². The minimum absolute atomic E-state index is 0.166. The number of benzene rings is 3. The SMILES string of the molecule is CCOC(=O)C1=C(C)N=c2s/c(=C\c3cn(Cc4ccc(C(=O)OCC)cc4)c4ccccc34)c(=O)n2[C@@H]1c1cc(OC)c(OC)cc1Br. The second kappa shape index (κ2) is 14.3. The second-order valence-corrected chi connectivity index (χ2v) is 13.0. The van der Waals surface area contributed by atoms with Crippen LogP contribution in [0.5, 0.6) is 11.5 Å². The fraction of sp³-hybridized carbons (Fsp3) is 0.243. The second-order valence-electron chi connectivity index (χ2n) is 11.2. The fourth-order valence-electron chi connectivity index (χ4n) is 5.98. The Bertz CT molecular complexity index is 2300. The first kappa shape index (κ1) is 33.9. The molecule has 2 aromatic heterocycles. The van der Waals surface area contributed by atoms with E-state index in [1.807, 2.05) is 48.7 Å². The molecule has 1 atom stereocenters. The quantitative estimate of drug-likeness (QED) is 0.168. The Morgan fingerprint density at radius 1 is 0.959 bits per heavy atom. The first-order chi connectivity index (χ1) is 23.7. The molecule has 0 radical (unpaired) electrons. The number of esters is 2. The van der Waals surface area contributed by atoms with E-state index in [4.69, 9.17) is 23.9 Å². The molecule has 1 aliphatic heterocycles. The molecule has 0 N–H and O–H groups in total. The molecular weight excluding hydrogens is 710 g/mol. The lowest BCUT2D eigenvalue weighted by molar-refractivity contribution is -0.139. The number of hydrogen-bond acceptors (Lipinski definition) is 9. The molecule has 5 aromatic rings. The van der Waals surface area contributed by atoms with Crippen LogP contribution in [0, 0.1) is 0 Å². The molecule has 0 spiro atoms. The summed E-state index contributed by atoms with van der Waals surface area (Å²) in [4.78, 5) is 45.1. The fourth-order valence-corrected chi connectivity index (χ4v) is 7.56. The highest BCUT2D eigenvalue weighted by Gasteiger charge is 2.35. The van der Waals surface area contributed by atoms with E-state index < -0.39 is 12.0 Å². The number of ether oxygens (including phenoxy) is 4. The van der Waals surface area contributed by atoms with E-state index in [0.717, 1.165) is 22.0 Å². The van der Waals surface area contributed by atoms with E-state index in [1.165, 1.54) is 18.4 Å². The highest BCUT2D eigenvalue weighted by molar-refractivity contribution is 9.10. The molecule has 0 amide bonds. The van der Waals surface area contributed by atoms with Crippen LogP contribution in [0.15, 0.2) is 92.4 Å². The number of para-hydroxylation sites is 1. The Kier molecular flexibility index (Phi) is 9.89. The number of nitrogens with zero attached hydrogens (tertiary/aromatic N) is 3. The van der Waals surface area contributed by atoms with Gasteiger partial charge in [-0.15, -0.1) is 0 Å². The molecule has 49 heavy (non-hydrogen) atoms. The number of allylic oxidation sites excluding steroid dienone is 1. The van der Waals surface area contributed by atoms with Gasteiger partial charge in [-0.1, -0.05) is 57.6 Å². The van der Waals surface area contributed by atoms with Crippen LogP contribution in [-0.4, -0.2) is 48.5 Å². The van der Waals surface area contributed by atoms with Crippen molar-refractivity contribution in [2.45, 2.75) is 33.4 Å². The number of hydrogen-bond donors (Lipinski definition) is 0. The van der Waals surface area contributed by atoms with Crippen molar-refractivity contribution in [2.24, 2.45) is 4.99 Å². The van der Waals surface area contributed by atoms with Crippen molar-refractivity contribution in [2.75, 3.05) is 27.4 Å². The average Bonchev–Trinajstić information content (AvgIpc) is 3.60. The summed E-state index contributed by atoms with van der Waals surface area (Å²) in [6.07, 6.45) is 3.89. The first-order valence-electron chi connectivity index (χ1n) is 15.6. The number of carbonyl (C=O) groups excluding carboxylic acids is 2. The highest BCUT2D eigenvalue weighted by Crippen LogP contribution is 2.41. The van der Waals surface area contributed by atoms with Crippen molar-refractivity contribution in [3.8, 4) is 11.5 Å². The molecular formula is C37H34BrN3O7S. The van der Waals surface area contributed by atoms with Crippen LogP contribution in [0.25, 0.3) is 17.0 Å². The van der Waals surface area contributed by atoms with Gasteiger partial charge in [-0.25, -0.2) is 14.6 Å². The van der Waals surface area contributed by atoms with Crippen molar-refractivity contribution < 1.29 is 28.5 Å². The molecule has 252 valence electrons. The van der Waals surface area contributed by atoms with Gasteiger partial charge < -0.3 is 23.5 Å². The van der Waals surface area contributed by atoms with Crippen LogP contribution in [0.1, 0.15) is 53.9 Å². The van der Waals surface area contributed by atoms with Crippen LogP contribution in [-0.2, 0) is 20.8 Å². The van der Waals surface area contributed by atoms with Gasteiger partial charge in [-0.05, 0) is 68.3 Å². The molecule has 0 aliphatic carbocycles. The van der Waals surface area contributed by atoms with Crippen molar-refractivity contribution in [3.05, 3.63) is 125 Å². The maximum Gasteiger partial charge on any atom is 0.338 e. The van der Waals surface area contributed by atoms with Gasteiger partial charge in [0.25, 0.3) is 5.56 Å². The number of thiazole rings is 1. The summed E-state index contributed by atoms with van der Waals surface area (Å²) in [5.74, 6) is 0.0388. The van der Waals surface area contributed by atoms with E-state index >= 15 is 0 Å². The predicted octanol–water partition coefficient (Wildman–Crippen LogP) is 5.76. The third-order valence-electron chi connectivity index (χ3n) is 8.24. The summed E-state index contributed by atoms with van der Waals surface area (Å²) >= 11 is 4.91. The third kappa shape index (κ3) is 6.45. The monoisotopic (exact) mass is 743 g/mol. The molecule has 3 heterocycles. The summed E-state index contributed by atoms with van der Waals surface area (Å²) in [5.41, 5.74) is 4.39. The number of halogens is 1. The van der Waals surface area contributed by atoms with E-state index in [9.17, 15) is 14.4 Å². The maximum atomic E-state index is 14.4. The van der Waals surface area contributed by atoms with Gasteiger partial charge >= 0.3 is 11.9 Å². The van der Waals surface area contributed by atoms with Crippen LogP contribution in [0.3, 0.4) is 0 Å². The van der Waals surface area contributed by atoms with Crippen molar-refractivity contribution in [1.82, 2.24) is 9.13 Å². The van der Waals surface area contributed by atoms with Gasteiger partial charge in [-0.3, -0.25) is 9.36 Å². The predicted molar refractivity (Wildman–Crippen MR) is 191 cm³/mol. The number of carbonyl (C=O) groups is 2. The van der Waals surface area contributed by atoms with E-state index in [2.05, 4.69) is 20.5 Å². The molecule has 0 saturated carbocycles. The topological polar surface area (TPSA) is 110 Å². The molecule has 0 fully saturated rings. The van der Waals surface area contributed by atoms with Crippen molar-refractivity contribution >= 4 is 56.2 Å². The van der Waals surface area contributed by atoms with Gasteiger partial charge in [0.2, 0.25) is 0 Å². The first-order valence-corrected chi connectivity index (χ1v) is 17.2. The van der Waals surface area contributed by atoms with Crippen LogP contribution in [0.2, 0.25) is 0 Å². The number of rotatable bonds is 10. The van der Waals surface area contributed by atoms with Crippen LogP contribution >= 0.6 is 27.3 Å². The van der Waals surface area contributed by atoms with E-state index in [1.54, 1.807) is 56.7 Å².